The molecule has 0 aliphatic heterocycles. The van der Waals surface area contributed by atoms with E-state index in [0.717, 1.165) is 12.8 Å². The van der Waals surface area contributed by atoms with E-state index in [1.165, 1.54) is 0 Å². The van der Waals surface area contributed by atoms with Crippen molar-refractivity contribution in [1.82, 2.24) is 0 Å². The molecule has 0 atom stereocenters. The van der Waals surface area contributed by atoms with Crippen LogP contribution in [0.3, 0.4) is 0 Å². The van der Waals surface area contributed by atoms with Gasteiger partial charge in [-0.1, -0.05) is 26.2 Å². The molecule has 0 amide bonds. The topological polar surface area (TPSA) is 80.3 Å². The molecule has 5 heteroatoms. The number of carbonyl (C=O) groups excluding carboxylic acids is 2. The zero-order valence-corrected chi connectivity index (χ0v) is 9.16. The molecule has 0 aliphatic carbocycles. The SMILES string of the molecule is CCCCCC(C(=O)[O-])C(=O)[O-].[Mg+2]. The van der Waals surface area contributed by atoms with Crippen LogP contribution < -0.4 is 10.2 Å². The Morgan fingerprint density at radius 3 is 1.92 bits per heavy atom. The molecule has 0 heterocycles. The second-order valence-electron chi connectivity index (χ2n) is 2.69. The van der Waals surface area contributed by atoms with Gasteiger partial charge in [0.15, 0.2) is 0 Å². The smallest absolute Gasteiger partial charge is 0.549 e. The van der Waals surface area contributed by atoms with E-state index in [0.29, 0.717) is 6.42 Å². The fraction of sp³-hybridized carbons (Fsp3) is 0.750. The maximum atomic E-state index is 10.2. The van der Waals surface area contributed by atoms with Crippen molar-refractivity contribution in [3.63, 3.8) is 0 Å². The van der Waals surface area contributed by atoms with Gasteiger partial charge in [0.05, 0.1) is 11.9 Å². The summed E-state index contributed by atoms with van der Waals surface area (Å²) in [7, 11) is 0. The van der Waals surface area contributed by atoms with Crippen molar-refractivity contribution in [2.75, 3.05) is 0 Å². The number of aliphatic carboxylic acids is 2. The van der Waals surface area contributed by atoms with Crippen LogP contribution in [0.5, 0.6) is 0 Å². The Morgan fingerprint density at radius 1 is 1.15 bits per heavy atom. The molecule has 13 heavy (non-hydrogen) atoms. The number of carboxylic acids is 2. The van der Waals surface area contributed by atoms with E-state index in [9.17, 15) is 19.8 Å². The molecule has 0 saturated heterocycles. The molecule has 0 N–H and O–H groups in total. The molecule has 4 nitrogen and oxygen atoms in total. The normalized spacial score (nSPS) is 9.38. The van der Waals surface area contributed by atoms with Gasteiger partial charge in [0.2, 0.25) is 0 Å². The Balaban J connectivity index is 0. The third-order valence-electron chi connectivity index (χ3n) is 1.67. The van der Waals surface area contributed by atoms with Gasteiger partial charge in [0.25, 0.3) is 0 Å². The van der Waals surface area contributed by atoms with Gasteiger partial charge < -0.3 is 19.8 Å². The Morgan fingerprint density at radius 2 is 1.62 bits per heavy atom. The largest absolute Gasteiger partial charge is 2.00 e. The zero-order valence-electron chi connectivity index (χ0n) is 7.75. The van der Waals surface area contributed by atoms with E-state index in [1.54, 1.807) is 0 Å². The van der Waals surface area contributed by atoms with Crippen LogP contribution in [-0.4, -0.2) is 35.0 Å². The first-order valence-corrected chi connectivity index (χ1v) is 4.01. The van der Waals surface area contributed by atoms with E-state index in [-0.39, 0.29) is 29.5 Å². The Bertz CT molecular complexity index is 156. The summed E-state index contributed by atoms with van der Waals surface area (Å²) in [6.45, 7) is 1.95. The maximum Gasteiger partial charge on any atom is 2.00 e. The van der Waals surface area contributed by atoms with Crippen LogP contribution in [0.4, 0.5) is 0 Å². The molecule has 0 bridgehead atoms. The average Bonchev–Trinajstić information content (AvgIpc) is 1.96. The van der Waals surface area contributed by atoms with Crippen molar-refractivity contribution >= 4 is 35.0 Å². The fourth-order valence-electron chi connectivity index (χ4n) is 0.930. The van der Waals surface area contributed by atoms with Crippen LogP contribution in [0, 0.1) is 5.92 Å². The number of rotatable bonds is 6. The summed E-state index contributed by atoms with van der Waals surface area (Å²) in [6.07, 6.45) is 2.45. The van der Waals surface area contributed by atoms with Crippen molar-refractivity contribution in [3.05, 3.63) is 0 Å². The first-order valence-electron chi connectivity index (χ1n) is 4.01. The van der Waals surface area contributed by atoms with Crippen LogP contribution in [-0.2, 0) is 9.59 Å². The summed E-state index contributed by atoms with van der Waals surface area (Å²) in [5.74, 6) is -4.55. The van der Waals surface area contributed by atoms with Crippen molar-refractivity contribution in [1.29, 1.82) is 0 Å². The summed E-state index contributed by atoms with van der Waals surface area (Å²) in [5.41, 5.74) is 0. The zero-order chi connectivity index (χ0) is 9.56. The summed E-state index contributed by atoms with van der Waals surface area (Å²) in [4.78, 5) is 20.4. The molecule has 0 fully saturated rings. The molecule has 0 spiro atoms. The number of carbonyl (C=O) groups is 2. The van der Waals surface area contributed by atoms with Crippen LogP contribution >= 0.6 is 0 Å². The Hall–Kier alpha value is -0.294. The molecule has 0 aliphatic rings. The van der Waals surface area contributed by atoms with Gasteiger partial charge in [0, 0.05) is 5.92 Å². The molecule has 0 aromatic rings. The van der Waals surface area contributed by atoms with Crippen LogP contribution in [0.1, 0.15) is 32.6 Å². The minimum absolute atomic E-state index is 0. The standard InChI is InChI=1S/C8H14O4.Mg/c1-2-3-4-5-6(7(9)10)8(11)12;/h6H,2-5H2,1H3,(H,9,10)(H,11,12);/q;+2/p-2. The third-order valence-corrected chi connectivity index (χ3v) is 1.67. The van der Waals surface area contributed by atoms with Gasteiger partial charge in [-0.3, -0.25) is 0 Å². The van der Waals surface area contributed by atoms with E-state index >= 15 is 0 Å². The van der Waals surface area contributed by atoms with Crippen LogP contribution in [0.2, 0.25) is 0 Å². The van der Waals surface area contributed by atoms with E-state index in [2.05, 4.69) is 0 Å². The number of hydrogen-bond donors (Lipinski definition) is 0. The van der Waals surface area contributed by atoms with Crippen molar-refractivity contribution < 1.29 is 19.8 Å². The molecule has 0 radical (unpaired) electrons. The summed E-state index contributed by atoms with van der Waals surface area (Å²) in [5, 5.41) is 20.4. The monoisotopic (exact) mass is 196 g/mol. The van der Waals surface area contributed by atoms with Gasteiger partial charge in [-0.15, -0.1) is 0 Å². The minimum Gasteiger partial charge on any atom is -0.549 e. The first kappa shape index (κ1) is 15.2. The van der Waals surface area contributed by atoms with Crippen molar-refractivity contribution in [2.45, 2.75) is 32.6 Å². The Labute approximate surface area is 93.5 Å². The summed E-state index contributed by atoms with van der Waals surface area (Å²) in [6, 6.07) is 0. The molecule has 0 aromatic heterocycles. The van der Waals surface area contributed by atoms with Gasteiger partial charge in [-0.2, -0.15) is 0 Å². The van der Waals surface area contributed by atoms with E-state index in [4.69, 9.17) is 0 Å². The summed E-state index contributed by atoms with van der Waals surface area (Å²) >= 11 is 0. The van der Waals surface area contributed by atoms with E-state index in [1.807, 2.05) is 6.92 Å². The fourth-order valence-corrected chi connectivity index (χ4v) is 0.930. The molecule has 0 aromatic carbocycles. The van der Waals surface area contributed by atoms with E-state index < -0.39 is 17.9 Å². The molecule has 0 rings (SSSR count). The quantitative estimate of drug-likeness (QED) is 0.288. The maximum absolute atomic E-state index is 10.2. The second-order valence-corrected chi connectivity index (χ2v) is 2.69. The number of hydrogen-bond acceptors (Lipinski definition) is 4. The minimum atomic E-state index is -1.55. The third kappa shape index (κ3) is 6.83. The first-order chi connectivity index (χ1) is 5.59. The molecular formula is C8H12MgO4. The molecule has 70 valence electrons. The number of carboxylic acid groups (broad SMARTS) is 2. The predicted octanol–water partition coefficient (Wildman–Crippen LogP) is -1.70. The summed E-state index contributed by atoms with van der Waals surface area (Å²) < 4.78 is 0. The molecule has 0 saturated carbocycles. The van der Waals surface area contributed by atoms with Gasteiger partial charge in [-0.25, -0.2) is 0 Å². The second kappa shape index (κ2) is 8.31. The van der Waals surface area contributed by atoms with Crippen LogP contribution in [0.25, 0.3) is 0 Å². The van der Waals surface area contributed by atoms with Crippen molar-refractivity contribution in [2.24, 2.45) is 5.92 Å². The van der Waals surface area contributed by atoms with Gasteiger partial charge in [0.1, 0.15) is 0 Å². The van der Waals surface area contributed by atoms with Crippen molar-refractivity contribution in [3.8, 4) is 0 Å². The predicted molar refractivity (Wildman–Crippen MR) is 43.4 cm³/mol. The molecular weight excluding hydrogens is 184 g/mol. The number of unbranched alkanes of at least 4 members (excludes halogenated alkanes) is 2. The average molecular weight is 196 g/mol. The van der Waals surface area contributed by atoms with Crippen LogP contribution in [0.15, 0.2) is 0 Å². The molecule has 0 unspecified atom stereocenters. The van der Waals surface area contributed by atoms with Gasteiger partial charge in [-0.05, 0) is 6.42 Å². The Kier molecular flexibility index (Phi) is 9.71. The van der Waals surface area contributed by atoms with Gasteiger partial charge >= 0.3 is 23.1 Å².